The first-order chi connectivity index (χ1) is 12.4. The molecule has 136 valence electrons. The Morgan fingerprint density at radius 2 is 2.00 bits per heavy atom. The molecule has 0 aromatic carbocycles. The van der Waals surface area contributed by atoms with E-state index in [1.807, 2.05) is 0 Å². The van der Waals surface area contributed by atoms with Gasteiger partial charge in [-0.25, -0.2) is 4.79 Å². The van der Waals surface area contributed by atoms with Crippen molar-refractivity contribution in [2.75, 3.05) is 13.2 Å². The molecule has 0 saturated carbocycles. The lowest BCUT2D eigenvalue weighted by Gasteiger charge is -2.38. The first kappa shape index (κ1) is 15.2. The van der Waals surface area contributed by atoms with Crippen LogP contribution < -0.4 is 0 Å². The second kappa shape index (κ2) is 4.50. The number of aliphatic hydroxyl groups is 1. The van der Waals surface area contributed by atoms with Crippen LogP contribution in [0.25, 0.3) is 0 Å². The molecule has 0 aromatic rings. The summed E-state index contributed by atoms with van der Waals surface area (Å²) in [5.41, 5.74) is 3.56. The molecule has 2 saturated heterocycles. The molecule has 0 spiro atoms. The zero-order valence-electron chi connectivity index (χ0n) is 15.2. The lowest BCUT2D eigenvalue weighted by Crippen LogP contribution is -2.39. The van der Waals surface area contributed by atoms with E-state index in [0.29, 0.717) is 48.3 Å². The van der Waals surface area contributed by atoms with Gasteiger partial charge in [0.05, 0.1) is 12.2 Å². The Balaban J connectivity index is 1.74. The van der Waals surface area contributed by atoms with Crippen molar-refractivity contribution in [3.63, 3.8) is 0 Å². The maximum absolute atomic E-state index is 13.1. The second-order valence-electron chi connectivity index (χ2n) is 8.99. The number of carbonyl (C=O) groups is 2. The van der Waals surface area contributed by atoms with Gasteiger partial charge in [0, 0.05) is 53.9 Å². The highest BCUT2D eigenvalue weighted by molar-refractivity contribution is 6.11. The van der Waals surface area contributed by atoms with Crippen LogP contribution in [0.1, 0.15) is 39.5 Å². The number of fused-ring (bicyclic) bond motifs is 3. The van der Waals surface area contributed by atoms with Gasteiger partial charge in [0.1, 0.15) is 5.76 Å². The van der Waals surface area contributed by atoms with Crippen LogP contribution in [-0.2, 0) is 14.3 Å². The quantitative estimate of drug-likeness (QED) is 0.678. The van der Waals surface area contributed by atoms with Crippen LogP contribution in [0.5, 0.6) is 0 Å². The van der Waals surface area contributed by atoms with Gasteiger partial charge in [-0.05, 0) is 36.8 Å². The van der Waals surface area contributed by atoms with Gasteiger partial charge >= 0.3 is 5.97 Å². The largest absolute Gasteiger partial charge is 0.511 e. The molecular weight excluding hydrogens is 330 g/mol. The van der Waals surface area contributed by atoms with Crippen molar-refractivity contribution in [3.8, 4) is 0 Å². The van der Waals surface area contributed by atoms with Crippen molar-refractivity contribution >= 4 is 11.8 Å². The summed E-state index contributed by atoms with van der Waals surface area (Å²) in [5, 5.41) is 11.3. The van der Waals surface area contributed by atoms with Crippen molar-refractivity contribution in [1.82, 2.24) is 4.90 Å². The highest BCUT2D eigenvalue weighted by Gasteiger charge is 2.65. The molecule has 2 unspecified atom stereocenters. The zero-order valence-corrected chi connectivity index (χ0v) is 15.2. The van der Waals surface area contributed by atoms with Crippen LogP contribution in [0.3, 0.4) is 0 Å². The fourth-order valence-electron chi connectivity index (χ4n) is 6.98. The number of Topliss-reactive ketones (excluding diaryl/α,β-unsaturated/α-hetero) is 1. The topological polar surface area (TPSA) is 66.8 Å². The monoisotopic (exact) mass is 353 g/mol. The van der Waals surface area contributed by atoms with Crippen molar-refractivity contribution in [2.24, 2.45) is 17.3 Å². The standard InChI is InChI=1S/C21H23NO4/c1-9-12-7-14-21(2)10(8-22(9)14)3-4-13(23)15-11-5-6-26-20(25)16(11)17(18(15)21)19(12)24/h9-10,12,14,24H,3-8H2,1-2H3/t9-,10-,12?,14?,21-/m1/s1. The Labute approximate surface area is 152 Å². The third-order valence-electron chi connectivity index (χ3n) is 8.24. The Hall–Kier alpha value is -1.88. The molecule has 0 amide bonds. The van der Waals surface area contributed by atoms with E-state index >= 15 is 0 Å². The maximum Gasteiger partial charge on any atom is 0.339 e. The number of hydrogen-bond donors (Lipinski definition) is 1. The Bertz CT molecular complexity index is 894. The number of cyclic esters (lactones) is 1. The fraction of sp³-hybridized carbons (Fsp3) is 0.619. The van der Waals surface area contributed by atoms with Gasteiger partial charge in [-0.15, -0.1) is 0 Å². The number of ether oxygens (including phenoxy) is 1. The molecule has 5 atom stereocenters. The van der Waals surface area contributed by atoms with Crippen molar-refractivity contribution in [1.29, 1.82) is 0 Å². The SMILES string of the molecule is C[C@@H]1C2CC3N1C[C@H]1CCC(=O)C4=C(C(=C2O)C2=C4CCOC2=O)[C@@]31C. The number of rotatable bonds is 0. The van der Waals surface area contributed by atoms with E-state index in [9.17, 15) is 14.7 Å². The predicted octanol–water partition coefficient (Wildman–Crippen LogP) is 2.44. The minimum Gasteiger partial charge on any atom is -0.511 e. The Kier molecular flexibility index (Phi) is 2.63. The van der Waals surface area contributed by atoms with Gasteiger partial charge in [-0.3, -0.25) is 9.69 Å². The molecule has 6 rings (SSSR count). The van der Waals surface area contributed by atoms with Crippen LogP contribution in [0.2, 0.25) is 0 Å². The smallest absolute Gasteiger partial charge is 0.339 e. The number of ketones is 1. The zero-order chi connectivity index (χ0) is 18.0. The van der Waals surface area contributed by atoms with Crippen LogP contribution in [-0.4, -0.2) is 47.0 Å². The summed E-state index contributed by atoms with van der Waals surface area (Å²) >= 11 is 0. The molecule has 26 heavy (non-hydrogen) atoms. The van der Waals surface area contributed by atoms with Gasteiger partial charge in [0.2, 0.25) is 0 Å². The van der Waals surface area contributed by atoms with Crippen LogP contribution in [0.4, 0.5) is 0 Å². The van der Waals surface area contributed by atoms with E-state index in [1.165, 1.54) is 0 Å². The number of hydrogen-bond acceptors (Lipinski definition) is 5. The molecule has 0 radical (unpaired) electrons. The number of carbonyl (C=O) groups excluding carboxylic acids is 2. The van der Waals surface area contributed by atoms with Crippen LogP contribution >= 0.6 is 0 Å². The lowest BCUT2D eigenvalue weighted by molar-refractivity contribution is -0.139. The molecule has 2 fully saturated rings. The molecule has 2 bridgehead atoms. The molecule has 3 aliphatic heterocycles. The van der Waals surface area contributed by atoms with Gasteiger partial charge in [-0.1, -0.05) is 6.92 Å². The van der Waals surface area contributed by atoms with E-state index in [0.717, 1.165) is 36.1 Å². The third kappa shape index (κ3) is 1.43. The summed E-state index contributed by atoms with van der Waals surface area (Å²) < 4.78 is 5.33. The van der Waals surface area contributed by atoms with Gasteiger partial charge < -0.3 is 9.84 Å². The van der Waals surface area contributed by atoms with Crippen LogP contribution in [0.15, 0.2) is 33.6 Å². The first-order valence-corrected chi connectivity index (χ1v) is 9.82. The van der Waals surface area contributed by atoms with Crippen molar-refractivity contribution in [2.45, 2.75) is 51.6 Å². The summed E-state index contributed by atoms with van der Waals surface area (Å²) in [5.74, 6) is 0.531. The number of nitrogens with zero attached hydrogens (tertiary/aromatic N) is 1. The van der Waals surface area contributed by atoms with E-state index in [-0.39, 0.29) is 29.1 Å². The molecule has 3 heterocycles. The number of allylic oxidation sites excluding steroid dienone is 1. The summed E-state index contributed by atoms with van der Waals surface area (Å²) in [6, 6.07) is 0.599. The minimum atomic E-state index is -0.367. The van der Waals surface area contributed by atoms with E-state index in [2.05, 4.69) is 18.7 Å². The number of aliphatic hydroxyl groups excluding tert-OH is 1. The normalized spacial score (nSPS) is 43.8. The molecule has 6 aliphatic rings. The van der Waals surface area contributed by atoms with Gasteiger partial charge in [0.25, 0.3) is 0 Å². The van der Waals surface area contributed by atoms with E-state index in [1.54, 1.807) is 0 Å². The molecule has 5 nitrogen and oxygen atoms in total. The average molecular weight is 353 g/mol. The Morgan fingerprint density at radius 1 is 1.19 bits per heavy atom. The summed E-state index contributed by atoms with van der Waals surface area (Å²) in [6.45, 7) is 5.79. The average Bonchev–Trinajstić information content (AvgIpc) is 3.18. The highest BCUT2D eigenvalue weighted by atomic mass is 16.5. The second-order valence-corrected chi connectivity index (χ2v) is 8.99. The van der Waals surface area contributed by atoms with Crippen LogP contribution in [0, 0.1) is 17.3 Å². The fourth-order valence-corrected chi connectivity index (χ4v) is 6.98. The minimum absolute atomic E-state index is 0.0325. The van der Waals surface area contributed by atoms with E-state index in [4.69, 9.17) is 4.74 Å². The first-order valence-electron chi connectivity index (χ1n) is 9.82. The lowest BCUT2D eigenvalue weighted by atomic mass is 9.66. The highest BCUT2D eigenvalue weighted by Crippen LogP contribution is 2.65. The third-order valence-corrected chi connectivity index (χ3v) is 8.24. The molecular formula is C21H23NO4. The summed E-state index contributed by atoms with van der Waals surface area (Å²) in [7, 11) is 0. The molecule has 5 heteroatoms. The van der Waals surface area contributed by atoms with Crippen molar-refractivity contribution < 1.29 is 19.4 Å². The van der Waals surface area contributed by atoms with Crippen molar-refractivity contribution in [3.05, 3.63) is 33.6 Å². The van der Waals surface area contributed by atoms with Gasteiger partial charge in [-0.2, -0.15) is 0 Å². The number of esters is 1. The predicted molar refractivity (Wildman–Crippen MR) is 93.2 cm³/mol. The van der Waals surface area contributed by atoms with Gasteiger partial charge in [0.15, 0.2) is 5.78 Å². The maximum atomic E-state index is 13.1. The molecule has 1 N–H and O–H groups in total. The Morgan fingerprint density at radius 3 is 2.81 bits per heavy atom. The molecule has 0 aromatic heterocycles. The molecule has 3 aliphatic carbocycles. The summed E-state index contributed by atoms with van der Waals surface area (Å²) in [6.07, 6.45) is 2.93. The summed E-state index contributed by atoms with van der Waals surface area (Å²) in [4.78, 5) is 28.4. The van der Waals surface area contributed by atoms with E-state index < -0.39 is 0 Å².